The first kappa shape index (κ1) is 19.2. The summed E-state index contributed by atoms with van der Waals surface area (Å²) >= 11 is 0. The molecule has 1 N–H and O–H groups in total. The number of hydrogen-bond acceptors (Lipinski definition) is 5. The normalized spacial score (nSPS) is 12.6. The number of carbonyl (C=O) groups excluding carboxylic acids is 1. The lowest BCUT2D eigenvalue weighted by molar-refractivity contribution is 0.197. The van der Waals surface area contributed by atoms with Gasteiger partial charge in [-0.05, 0) is 20.8 Å². The lowest BCUT2D eigenvalue weighted by Crippen LogP contribution is -2.44. The minimum absolute atomic E-state index is 0.0768. The van der Waals surface area contributed by atoms with E-state index >= 15 is 0 Å². The smallest absolute Gasteiger partial charge is 0.317 e. The Labute approximate surface area is 138 Å². The van der Waals surface area contributed by atoms with Crippen LogP contribution < -0.4 is 10.1 Å². The summed E-state index contributed by atoms with van der Waals surface area (Å²) in [5.41, 5.74) is 2.52. The van der Waals surface area contributed by atoms with Gasteiger partial charge in [0.15, 0.2) is 0 Å². The van der Waals surface area contributed by atoms with Gasteiger partial charge in [0, 0.05) is 36.7 Å². The number of pyridine rings is 1. The third kappa shape index (κ3) is 5.38. The third-order valence-electron chi connectivity index (χ3n) is 3.68. The highest BCUT2D eigenvalue weighted by Gasteiger charge is 2.20. The Morgan fingerprint density at radius 3 is 2.57 bits per heavy atom. The van der Waals surface area contributed by atoms with Crippen molar-refractivity contribution in [3.8, 4) is 5.75 Å². The van der Waals surface area contributed by atoms with Crippen molar-refractivity contribution in [2.75, 3.05) is 26.2 Å². The fourth-order valence-electron chi connectivity index (χ4n) is 2.28. The van der Waals surface area contributed by atoms with Gasteiger partial charge >= 0.3 is 6.03 Å². The summed E-state index contributed by atoms with van der Waals surface area (Å²) in [6.45, 7) is 5.73. The van der Waals surface area contributed by atoms with Crippen LogP contribution in [-0.4, -0.2) is 56.5 Å². The van der Waals surface area contributed by atoms with Crippen LogP contribution in [0.15, 0.2) is 6.20 Å². The molecule has 23 heavy (non-hydrogen) atoms. The summed E-state index contributed by atoms with van der Waals surface area (Å²) in [5.74, 6) is 0.676. The second-order valence-electron chi connectivity index (χ2n) is 5.76. The molecule has 1 aromatic heterocycles. The molecule has 0 radical (unpaired) electrons. The Kier molecular flexibility index (Phi) is 6.37. The molecule has 7 nitrogen and oxygen atoms in total. The third-order valence-corrected chi connectivity index (χ3v) is 4.77. The molecule has 0 aliphatic rings. The van der Waals surface area contributed by atoms with Crippen LogP contribution in [0.3, 0.4) is 0 Å². The molecule has 8 heteroatoms. The van der Waals surface area contributed by atoms with Gasteiger partial charge in [-0.25, -0.2) is 13.2 Å². The molecule has 0 aliphatic heterocycles. The summed E-state index contributed by atoms with van der Waals surface area (Å²) < 4.78 is 28.0. The topological polar surface area (TPSA) is 88.6 Å². The van der Waals surface area contributed by atoms with Crippen molar-refractivity contribution >= 4 is 15.9 Å². The molecule has 0 fully saturated rings. The van der Waals surface area contributed by atoms with Crippen LogP contribution in [0.25, 0.3) is 0 Å². The summed E-state index contributed by atoms with van der Waals surface area (Å²) in [6, 6.07) is -0.756. The van der Waals surface area contributed by atoms with E-state index in [0.29, 0.717) is 5.69 Å². The first-order chi connectivity index (χ1) is 10.6. The molecule has 1 atom stereocenters. The Hall–Kier alpha value is -1.83. The van der Waals surface area contributed by atoms with Gasteiger partial charge in [-0.15, -0.1) is 0 Å². The number of rotatable bonds is 6. The van der Waals surface area contributed by atoms with Crippen LogP contribution in [0.2, 0.25) is 0 Å². The first-order valence-corrected chi connectivity index (χ1v) is 9.30. The lowest BCUT2D eigenvalue weighted by atomic mass is 10.1. The lowest BCUT2D eigenvalue weighted by Gasteiger charge is -2.24. The fourth-order valence-corrected chi connectivity index (χ4v) is 3.38. The van der Waals surface area contributed by atoms with Crippen molar-refractivity contribution in [2.24, 2.45) is 0 Å². The van der Waals surface area contributed by atoms with E-state index in [9.17, 15) is 13.2 Å². The molecule has 1 heterocycles. The average molecular weight is 343 g/mol. The summed E-state index contributed by atoms with van der Waals surface area (Å²) in [5, 5.41) is 2.75. The fraction of sp³-hybridized carbons (Fsp3) is 0.600. The molecule has 1 rings (SSSR count). The van der Waals surface area contributed by atoms with Crippen molar-refractivity contribution in [3.63, 3.8) is 0 Å². The number of aromatic nitrogens is 1. The highest BCUT2D eigenvalue weighted by molar-refractivity contribution is 7.90. The Balaban J connectivity index is 2.73. The molecule has 0 aliphatic carbocycles. The first-order valence-electron chi connectivity index (χ1n) is 7.24. The number of amides is 2. The summed E-state index contributed by atoms with van der Waals surface area (Å²) in [4.78, 5) is 17.8. The van der Waals surface area contributed by atoms with Crippen molar-refractivity contribution in [1.29, 1.82) is 0 Å². The molecule has 0 bridgehead atoms. The summed E-state index contributed by atoms with van der Waals surface area (Å²) in [6.07, 6.45) is 2.85. The second kappa shape index (κ2) is 7.63. The molecule has 1 aromatic rings. The number of aryl methyl sites for hydroxylation is 1. The zero-order chi connectivity index (χ0) is 17.8. The highest BCUT2D eigenvalue weighted by Crippen LogP contribution is 2.23. The maximum Gasteiger partial charge on any atom is 0.317 e. The minimum Gasteiger partial charge on any atom is -0.496 e. The van der Waals surface area contributed by atoms with Crippen molar-refractivity contribution < 1.29 is 17.9 Å². The van der Waals surface area contributed by atoms with E-state index in [1.807, 2.05) is 13.8 Å². The van der Waals surface area contributed by atoms with Crippen molar-refractivity contribution in [2.45, 2.75) is 33.4 Å². The van der Waals surface area contributed by atoms with Crippen LogP contribution in [0.5, 0.6) is 5.75 Å². The van der Waals surface area contributed by atoms with E-state index in [-0.39, 0.29) is 18.3 Å². The molecule has 0 saturated heterocycles. The molecule has 0 spiro atoms. The predicted molar refractivity (Wildman–Crippen MR) is 89.4 cm³/mol. The van der Waals surface area contributed by atoms with Crippen molar-refractivity contribution in [1.82, 2.24) is 15.2 Å². The van der Waals surface area contributed by atoms with Gasteiger partial charge in [0.05, 0.1) is 25.1 Å². The van der Waals surface area contributed by atoms with Crippen LogP contribution in [-0.2, 0) is 16.4 Å². The Morgan fingerprint density at radius 1 is 1.43 bits per heavy atom. The van der Waals surface area contributed by atoms with Gasteiger partial charge in [-0.2, -0.15) is 0 Å². The maximum atomic E-state index is 12.1. The van der Waals surface area contributed by atoms with E-state index < -0.39 is 15.9 Å². The van der Waals surface area contributed by atoms with Gasteiger partial charge < -0.3 is 15.0 Å². The molecule has 0 saturated carbocycles. The monoisotopic (exact) mass is 343 g/mol. The molecule has 2 amide bonds. The number of carbonyl (C=O) groups is 1. The van der Waals surface area contributed by atoms with Crippen LogP contribution in [0, 0.1) is 13.8 Å². The molecule has 0 aromatic carbocycles. The number of methoxy groups -OCH3 is 1. The highest BCUT2D eigenvalue weighted by atomic mass is 32.2. The quantitative estimate of drug-likeness (QED) is 0.840. The molecule has 130 valence electrons. The molecule has 0 unspecified atom stereocenters. The molecular formula is C15H25N3O4S. The number of hydrogen-bond donors (Lipinski definition) is 1. The Morgan fingerprint density at radius 2 is 2.04 bits per heavy atom. The number of nitrogens with one attached hydrogen (secondary N) is 1. The second-order valence-corrected chi connectivity index (χ2v) is 7.94. The van der Waals surface area contributed by atoms with E-state index in [2.05, 4.69) is 10.3 Å². The number of sulfone groups is 1. The molecular weight excluding hydrogens is 318 g/mol. The van der Waals surface area contributed by atoms with Gasteiger partial charge in [-0.1, -0.05) is 0 Å². The summed E-state index contributed by atoms with van der Waals surface area (Å²) in [7, 11) is 0.0262. The standard InChI is InChI=1S/C15H25N3O4S/c1-10-7-16-13(12(3)14(10)22-5)8-17-15(19)18(4)11(2)9-23(6,20)21/h7,11H,8-9H2,1-6H3,(H,17,19)/t11-/m1/s1. The number of nitrogens with zero attached hydrogens (tertiary/aromatic N) is 2. The number of urea groups is 1. The van der Waals surface area contributed by atoms with Crippen LogP contribution in [0.4, 0.5) is 4.79 Å². The van der Waals surface area contributed by atoms with Crippen LogP contribution >= 0.6 is 0 Å². The van der Waals surface area contributed by atoms with Gasteiger partial charge in [-0.3, -0.25) is 4.98 Å². The predicted octanol–water partition coefficient (Wildman–Crippen LogP) is 1.28. The zero-order valence-corrected chi connectivity index (χ0v) is 15.3. The SMILES string of the molecule is COc1c(C)cnc(CNC(=O)N(C)[C@H](C)CS(C)(=O)=O)c1C. The number of ether oxygens (including phenoxy) is 1. The van der Waals surface area contributed by atoms with Crippen LogP contribution in [0.1, 0.15) is 23.7 Å². The maximum absolute atomic E-state index is 12.1. The van der Waals surface area contributed by atoms with E-state index in [1.54, 1.807) is 27.3 Å². The minimum atomic E-state index is -3.14. The van der Waals surface area contributed by atoms with E-state index in [4.69, 9.17) is 4.74 Å². The van der Waals surface area contributed by atoms with Crippen molar-refractivity contribution in [3.05, 3.63) is 23.0 Å². The average Bonchev–Trinajstić information content (AvgIpc) is 2.44. The van der Waals surface area contributed by atoms with E-state index in [1.165, 1.54) is 4.90 Å². The zero-order valence-electron chi connectivity index (χ0n) is 14.5. The van der Waals surface area contributed by atoms with Gasteiger partial charge in [0.1, 0.15) is 15.6 Å². The van der Waals surface area contributed by atoms with E-state index in [0.717, 1.165) is 23.1 Å². The van der Waals surface area contributed by atoms with Gasteiger partial charge in [0.2, 0.25) is 0 Å². The Bertz CT molecular complexity index is 674. The largest absolute Gasteiger partial charge is 0.496 e. The van der Waals surface area contributed by atoms with Gasteiger partial charge in [0.25, 0.3) is 0 Å².